The van der Waals surface area contributed by atoms with Gasteiger partial charge in [-0.1, -0.05) is 6.92 Å². The van der Waals surface area contributed by atoms with Gasteiger partial charge in [0, 0.05) is 56.5 Å². The monoisotopic (exact) mass is 395 g/mol. The summed E-state index contributed by atoms with van der Waals surface area (Å²) in [5.74, 6) is 1.66. The Balaban J connectivity index is 1.74. The van der Waals surface area contributed by atoms with Gasteiger partial charge in [0.2, 0.25) is 5.88 Å². The van der Waals surface area contributed by atoms with E-state index in [4.69, 9.17) is 19.2 Å². The molecular formula is C21H25N5O3. The first-order chi connectivity index (χ1) is 14.2. The van der Waals surface area contributed by atoms with Crippen molar-refractivity contribution in [3.8, 4) is 17.0 Å². The maximum absolute atomic E-state index is 6.20. The highest BCUT2D eigenvalue weighted by Crippen LogP contribution is 2.32. The number of aromatic nitrogens is 5. The summed E-state index contributed by atoms with van der Waals surface area (Å²) in [4.78, 5) is 14.0. The molecule has 0 radical (unpaired) electrons. The minimum Gasteiger partial charge on any atom is -0.474 e. The van der Waals surface area contributed by atoms with Crippen molar-refractivity contribution in [3.63, 3.8) is 0 Å². The molecule has 0 bridgehead atoms. The van der Waals surface area contributed by atoms with E-state index in [1.165, 1.54) is 0 Å². The van der Waals surface area contributed by atoms with E-state index in [0.717, 1.165) is 47.1 Å². The maximum Gasteiger partial charge on any atom is 0.224 e. The third kappa shape index (κ3) is 4.65. The molecule has 152 valence electrons. The minimum absolute atomic E-state index is 0.0919. The standard InChI is InChI=1S/C21H25N5O3/c1-14(13-27-2)9-19-22-12-18-20(26-19)17(15-3-6-24-25-10-15)11-23-21(18)29-16-4-7-28-8-5-16/h3,6,10-12,14,16H,4-5,7-9,13H2,1-2H3/t14-/m1/s1. The van der Waals surface area contributed by atoms with Gasteiger partial charge in [-0.2, -0.15) is 10.2 Å². The molecule has 0 aromatic carbocycles. The van der Waals surface area contributed by atoms with Crippen LogP contribution in [0.15, 0.2) is 30.9 Å². The highest BCUT2D eigenvalue weighted by atomic mass is 16.5. The van der Waals surface area contributed by atoms with Crippen LogP contribution in [0.5, 0.6) is 5.88 Å². The number of methoxy groups -OCH3 is 1. The van der Waals surface area contributed by atoms with Crippen LogP contribution in [0.4, 0.5) is 0 Å². The van der Waals surface area contributed by atoms with Crippen molar-refractivity contribution in [2.24, 2.45) is 5.92 Å². The third-order valence-electron chi connectivity index (χ3n) is 4.96. The van der Waals surface area contributed by atoms with Crippen molar-refractivity contribution in [2.45, 2.75) is 32.3 Å². The number of pyridine rings is 1. The van der Waals surface area contributed by atoms with Crippen molar-refractivity contribution in [1.82, 2.24) is 25.1 Å². The van der Waals surface area contributed by atoms with Crippen molar-refractivity contribution in [3.05, 3.63) is 36.7 Å². The summed E-state index contributed by atoms with van der Waals surface area (Å²) in [6, 6.07) is 1.90. The fraction of sp³-hybridized carbons (Fsp3) is 0.476. The first-order valence-corrected chi connectivity index (χ1v) is 9.89. The molecule has 0 aliphatic carbocycles. The van der Waals surface area contributed by atoms with Crippen molar-refractivity contribution in [2.75, 3.05) is 26.9 Å². The molecule has 1 aliphatic rings. The Kier molecular flexibility index (Phi) is 6.21. The van der Waals surface area contributed by atoms with Crippen LogP contribution in [0.3, 0.4) is 0 Å². The van der Waals surface area contributed by atoms with Crippen LogP contribution in [0.1, 0.15) is 25.6 Å². The predicted octanol–water partition coefficient (Wildman–Crippen LogP) is 2.86. The number of nitrogens with zero attached hydrogens (tertiary/aromatic N) is 5. The number of hydrogen-bond acceptors (Lipinski definition) is 8. The molecule has 4 heterocycles. The molecule has 0 N–H and O–H groups in total. The van der Waals surface area contributed by atoms with Gasteiger partial charge in [-0.3, -0.25) is 0 Å². The second kappa shape index (κ2) is 9.19. The lowest BCUT2D eigenvalue weighted by atomic mass is 10.1. The SMILES string of the molecule is COC[C@H](C)Cc1ncc2c(OC3CCOCC3)ncc(-c3ccnnc3)c2n1. The molecule has 3 aromatic heterocycles. The van der Waals surface area contributed by atoms with Gasteiger partial charge < -0.3 is 14.2 Å². The summed E-state index contributed by atoms with van der Waals surface area (Å²) >= 11 is 0. The lowest BCUT2D eigenvalue weighted by molar-refractivity contribution is 0.0244. The van der Waals surface area contributed by atoms with Crippen molar-refractivity contribution < 1.29 is 14.2 Å². The average molecular weight is 395 g/mol. The number of ether oxygens (including phenoxy) is 3. The van der Waals surface area contributed by atoms with Crippen LogP contribution in [-0.4, -0.2) is 58.2 Å². The van der Waals surface area contributed by atoms with E-state index in [1.807, 2.05) is 12.3 Å². The lowest BCUT2D eigenvalue weighted by Gasteiger charge is -2.23. The van der Waals surface area contributed by atoms with Crippen molar-refractivity contribution in [1.29, 1.82) is 0 Å². The topological polar surface area (TPSA) is 92.1 Å². The maximum atomic E-state index is 6.20. The van der Waals surface area contributed by atoms with E-state index >= 15 is 0 Å². The van der Waals surface area contributed by atoms with E-state index in [2.05, 4.69) is 27.1 Å². The Bertz CT molecular complexity index is 948. The molecule has 1 atom stereocenters. The Morgan fingerprint density at radius 1 is 1.14 bits per heavy atom. The molecule has 3 aromatic rings. The Labute approximate surface area is 169 Å². The molecule has 0 saturated carbocycles. The zero-order valence-corrected chi connectivity index (χ0v) is 16.7. The summed E-state index contributed by atoms with van der Waals surface area (Å²) < 4.78 is 16.9. The molecule has 0 amide bonds. The van der Waals surface area contributed by atoms with Crippen LogP contribution in [-0.2, 0) is 15.9 Å². The third-order valence-corrected chi connectivity index (χ3v) is 4.96. The molecular weight excluding hydrogens is 370 g/mol. The number of fused-ring (bicyclic) bond motifs is 1. The molecule has 1 aliphatic heterocycles. The zero-order valence-electron chi connectivity index (χ0n) is 16.7. The molecule has 8 heteroatoms. The number of hydrogen-bond donors (Lipinski definition) is 0. The number of rotatable bonds is 7. The smallest absolute Gasteiger partial charge is 0.224 e. The molecule has 1 saturated heterocycles. The van der Waals surface area contributed by atoms with Gasteiger partial charge in [-0.25, -0.2) is 15.0 Å². The first-order valence-electron chi connectivity index (χ1n) is 9.89. The molecule has 0 unspecified atom stereocenters. The van der Waals surface area contributed by atoms with Crippen LogP contribution in [0, 0.1) is 5.92 Å². The molecule has 4 rings (SSSR count). The van der Waals surface area contributed by atoms with Gasteiger partial charge >= 0.3 is 0 Å². The summed E-state index contributed by atoms with van der Waals surface area (Å²) in [5.41, 5.74) is 2.60. The van der Waals surface area contributed by atoms with Crippen LogP contribution < -0.4 is 4.74 Å². The van der Waals surface area contributed by atoms with E-state index in [9.17, 15) is 0 Å². The van der Waals surface area contributed by atoms with E-state index in [1.54, 1.807) is 25.7 Å². The summed E-state index contributed by atoms with van der Waals surface area (Å²) in [6.45, 7) is 4.21. The van der Waals surface area contributed by atoms with E-state index in [-0.39, 0.29) is 6.10 Å². The van der Waals surface area contributed by atoms with Crippen LogP contribution >= 0.6 is 0 Å². The normalized spacial score (nSPS) is 16.1. The van der Waals surface area contributed by atoms with Gasteiger partial charge in [0.1, 0.15) is 11.9 Å². The first kappa shape index (κ1) is 19.6. The highest BCUT2D eigenvalue weighted by Gasteiger charge is 2.20. The van der Waals surface area contributed by atoms with E-state index in [0.29, 0.717) is 31.6 Å². The highest BCUT2D eigenvalue weighted by molar-refractivity contribution is 5.95. The predicted molar refractivity (Wildman–Crippen MR) is 108 cm³/mol. The largest absolute Gasteiger partial charge is 0.474 e. The molecule has 29 heavy (non-hydrogen) atoms. The quantitative estimate of drug-likeness (QED) is 0.603. The van der Waals surface area contributed by atoms with Gasteiger partial charge in [-0.05, 0) is 12.0 Å². The van der Waals surface area contributed by atoms with E-state index < -0.39 is 0 Å². The second-order valence-corrected chi connectivity index (χ2v) is 7.35. The Morgan fingerprint density at radius 3 is 2.76 bits per heavy atom. The Morgan fingerprint density at radius 2 is 2.00 bits per heavy atom. The molecule has 1 fully saturated rings. The Hall–Kier alpha value is -2.71. The van der Waals surface area contributed by atoms with Gasteiger partial charge in [0.15, 0.2) is 0 Å². The average Bonchev–Trinajstić information content (AvgIpc) is 2.75. The summed E-state index contributed by atoms with van der Waals surface area (Å²) in [6.07, 6.45) is 9.52. The summed E-state index contributed by atoms with van der Waals surface area (Å²) in [7, 11) is 1.71. The fourth-order valence-electron chi connectivity index (χ4n) is 3.49. The van der Waals surface area contributed by atoms with Gasteiger partial charge in [-0.15, -0.1) is 0 Å². The lowest BCUT2D eigenvalue weighted by Crippen LogP contribution is -2.26. The summed E-state index contributed by atoms with van der Waals surface area (Å²) in [5, 5.41) is 8.67. The molecule has 0 spiro atoms. The zero-order chi connectivity index (χ0) is 20.1. The van der Waals surface area contributed by atoms with Crippen LogP contribution in [0.2, 0.25) is 0 Å². The van der Waals surface area contributed by atoms with Gasteiger partial charge in [0.05, 0.1) is 36.5 Å². The van der Waals surface area contributed by atoms with Crippen molar-refractivity contribution >= 4 is 10.9 Å². The molecule has 8 nitrogen and oxygen atoms in total. The van der Waals surface area contributed by atoms with Crippen LogP contribution in [0.25, 0.3) is 22.0 Å². The van der Waals surface area contributed by atoms with Gasteiger partial charge in [0.25, 0.3) is 0 Å². The second-order valence-electron chi connectivity index (χ2n) is 7.35. The fourth-order valence-corrected chi connectivity index (χ4v) is 3.49. The minimum atomic E-state index is 0.0919.